The van der Waals surface area contributed by atoms with Crippen LogP contribution in [0.5, 0.6) is 0 Å². The van der Waals surface area contributed by atoms with E-state index in [1.807, 2.05) is 36.4 Å². The van der Waals surface area contributed by atoms with Crippen molar-refractivity contribution in [3.63, 3.8) is 0 Å². The minimum atomic E-state index is -0.208. The molecular weight excluding hydrogens is 335 g/mol. The summed E-state index contributed by atoms with van der Waals surface area (Å²) in [6, 6.07) is 18.8. The first-order chi connectivity index (χ1) is 13.2. The molecule has 0 aromatic heterocycles. The third-order valence-electron chi connectivity index (χ3n) is 5.75. The summed E-state index contributed by atoms with van der Waals surface area (Å²) in [6.07, 6.45) is 6.88. The van der Waals surface area contributed by atoms with Crippen LogP contribution >= 0.6 is 0 Å². The summed E-state index contributed by atoms with van der Waals surface area (Å²) in [5, 5.41) is 2.30. The Morgan fingerprint density at radius 3 is 2.56 bits per heavy atom. The topological polar surface area (TPSA) is 17.1 Å². The van der Waals surface area contributed by atoms with E-state index in [1.54, 1.807) is 6.07 Å². The molecule has 2 aliphatic rings. The molecule has 0 fully saturated rings. The largest absolute Gasteiger partial charge is 0.294 e. The van der Waals surface area contributed by atoms with Crippen LogP contribution in [0.4, 0.5) is 4.39 Å². The molecule has 0 N–H and O–H groups in total. The van der Waals surface area contributed by atoms with E-state index in [9.17, 15) is 9.18 Å². The number of hydrogen-bond acceptors (Lipinski definition) is 1. The monoisotopic (exact) mass is 354 g/mol. The highest BCUT2D eigenvalue weighted by Crippen LogP contribution is 2.27. The van der Waals surface area contributed by atoms with E-state index in [4.69, 9.17) is 0 Å². The second-order valence-electron chi connectivity index (χ2n) is 7.35. The molecule has 0 amide bonds. The van der Waals surface area contributed by atoms with Gasteiger partial charge in [0.25, 0.3) is 0 Å². The Kier molecular flexibility index (Phi) is 3.78. The second-order valence-corrected chi connectivity index (χ2v) is 7.35. The van der Waals surface area contributed by atoms with Crippen molar-refractivity contribution < 1.29 is 9.18 Å². The van der Waals surface area contributed by atoms with Gasteiger partial charge >= 0.3 is 0 Å². The summed E-state index contributed by atoms with van der Waals surface area (Å²) in [7, 11) is 0. The average molecular weight is 354 g/mol. The first-order valence-electron chi connectivity index (χ1n) is 9.43. The number of carbonyl (C=O) groups is 1. The number of rotatable bonds is 2. The lowest BCUT2D eigenvalue weighted by Gasteiger charge is -2.21. The Morgan fingerprint density at radius 2 is 1.70 bits per heavy atom. The Balaban J connectivity index is 1.66. The van der Waals surface area contributed by atoms with E-state index >= 15 is 0 Å². The van der Waals surface area contributed by atoms with Crippen LogP contribution in [0, 0.1) is 11.7 Å². The summed E-state index contributed by atoms with van der Waals surface area (Å²) < 4.78 is 13.8. The van der Waals surface area contributed by atoms with Crippen LogP contribution in [0.25, 0.3) is 23.3 Å². The molecule has 5 rings (SSSR count). The average Bonchev–Trinajstić information content (AvgIpc) is 2.73. The predicted molar refractivity (Wildman–Crippen MR) is 106 cm³/mol. The third kappa shape index (κ3) is 2.73. The van der Waals surface area contributed by atoms with Crippen LogP contribution < -0.4 is 10.4 Å². The summed E-state index contributed by atoms with van der Waals surface area (Å²) in [5.74, 6) is -0.129. The number of fused-ring (bicyclic) bond motifs is 5. The van der Waals surface area contributed by atoms with Gasteiger partial charge in [0, 0.05) is 11.5 Å². The number of hydrogen-bond donors (Lipinski definition) is 0. The molecule has 0 heterocycles. The van der Waals surface area contributed by atoms with Crippen LogP contribution in [0.3, 0.4) is 0 Å². The molecule has 0 bridgehead atoms. The highest BCUT2D eigenvalue weighted by atomic mass is 19.1. The smallest absolute Gasteiger partial charge is 0.169 e. The van der Waals surface area contributed by atoms with Crippen LogP contribution in [0.1, 0.15) is 27.9 Å². The Labute approximate surface area is 157 Å². The van der Waals surface area contributed by atoms with Gasteiger partial charge in [-0.3, -0.25) is 4.79 Å². The minimum Gasteiger partial charge on any atom is -0.294 e. The summed E-state index contributed by atoms with van der Waals surface area (Å²) in [6.45, 7) is 0. The Morgan fingerprint density at radius 1 is 0.889 bits per heavy atom. The van der Waals surface area contributed by atoms with Crippen LogP contribution in [0.15, 0.2) is 60.7 Å². The molecule has 2 heteroatoms. The molecule has 0 saturated heterocycles. The van der Waals surface area contributed by atoms with Gasteiger partial charge in [-0.1, -0.05) is 60.7 Å². The second kappa shape index (κ2) is 6.31. The molecular formula is C25H19FO. The molecule has 0 spiro atoms. The zero-order valence-electron chi connectivity index (χ0n) is 14.9. The van der Waals surface area contributed by atoms with Gasteiger partial charge in [-0.2, -0.15) is 0 Å². The lowest BCUT2D eigenvalue weighted by molar-refractivity contribution is 0.0947. The molecule has 0 radical (unpaired) electrons. The first kappa shape index (κ1) is 16.2. The molecule has 1 nitrogen and oxygen atoms in total. The van der Waals surface area contributed by atoms with E-state index in [0.29, 0.717) is 0 Å². The number of carbonyl (C=O) groups excluding carboxylic acids is 1. The number of ketones is 1. The van der Waals surface area contributed by atoms with Crippen molar-refractivity contribution >= 4 is 17.9 Å². The maximum atomic E-state index is 13.8. The van der Waals surface area contributed by atoms with Gasteiger partial charge in [-0.25, -0.2) is 4.39 Å². The lowest BCUT2D eigenvalue weighted by Crippen LogP contribution is -2.37. The van der Waals surface area contributed by atoms with E-state index in [0.717, 1.165) is 52.0 Å². The molecule has 132 valence electrons. The van der Waals surface area contributed by atoms with Gasteiger partial charge in [-0.05, 0) is 64.1 Å². The lowest BCUT2D eigenvalue weighted by atomic mass is 9.82. The van der Waals surface area contributed by atoms with Gasteiger partial charge < -0.3 is 0 Å². The third-order valence-corrected chi connectivity index (χ3v) is 5.75. The summed E-state index contributed by atoms with van der Waals surface area (Å²) in [4.78, 5) is 12.9. The van der Waals surface area contributed by atoms with E-state index in [2.05, 4.69) is 24.3 Å². The number of Topliss-reactive ketones (excluding diaryl/α,β-unsaturated/α-hetero) is 1. The number of benzene rings is 3. The van der Waals surface area contributed by atoms with Gasteiger partial charge in [-0.15, -0.1) is 0 Å². The quantitative estimate of drug-likeness (QED) is 0.635. The molecule has 27 heavy (non-hydrogen) atoms. The minimum absolute atomic E-state index is 0.103. The van der Waals surface area contributed by atoms with E-state index < -0.39 is 0 Å². The first-order valence-corrected chi connectivity index (χ1v) is 9.43. The zero-order chi connectivity index (χ0) is 18.4. The fraction of sp³-hybridized carbons (Fsp3) is 0.160. The maximum Gasteiger partial charge on any atom is 0.169 e. The predicted octanol–water partition coefficient (Wildman–Crippen LogP) is 4.06. The van der Waals surface area contributed by atoms with Crippen molar-refractivity contribution in [2.75, 3.05) is 0 Å². The number of aryl methyl sites for hydroxylation is 1. The van der Waals surface area contributed by atoms with Crippen LogP contribution in [0.2, 0.25) is 0 Å². The van der Waals surface area contributed by atoms with Gasteiger partial charge in [0.05, 0.1) is 0 Å². The van der Waals surface area contributed by atoms with Crippen LogP contribution in [-0.2, 0) is 12.8 Å². The normalized spacial score (nSPS) is 17.0. The van der Waals surface area contributed by atoms with Crippen molar-refractivity contribution in [3.8, 4) is 11.1 Å². The molecule has 3 aromatic carbocycles. The van der Waals surface area contributed by atoms with Crippen molar-refractivity contribution in [2.24, 2.45) is 5.92 Å². The van der Waals surface area contributed by atoms with Crippen LogP contribution in [-0.4, -0.2) is 5.78 Å². The SMILES string of the molecule is O=C(c1ccccc1)C1C=c2c(ccc3c2=CCc2ccc(F)cc2-3)CC1. The molecule has 0 aliphatic heterocycles. The molecule has 3 aromatic rings. The Hall–Kier alpha value is -3.00. The van der Waals surface area contributed by atoms with Crippen molar-refractivity contribution in [1.29, 1.82) is 0 Å². The standard InChI is InChI=1S/C25H19FO/c26-20-11-8-17-10-12-21-22(24(17)15-20)13-9-16-6-7-19(14-23(16)21)25(27)18-4-2-1-3-5-18/h1-5,8-9,11-15,19H,6-7,10H2. The van der Waals surface area contributed by atoms with E-state index in [1.165, 1.54) is 11.6 Å². The number of halogens is 1. The van der Waals surface area contributed by atoms with Gasteiger partial charge in [0.15, 0.2) is 5.78 Å². The van der Waals surface area contributed by atoms with Crippen molar-refractivity contribution in [3.05, 3.63) is 93.6 Å². The summed E-state index contributed by atoms with van der Waals surface area (Å²) >= 11 is 0. The van der Waals surface area contributed by atoms with Gasteiger partial charge in [0.2, 0.25) is 0 Å². The Bertz CT molecular complexity index is 1170. The fourth-order valence-corrected chi connectivity index (χ4v) is 4.36. The molecule has 2 aliphatic carbocycles. The zero-order valence-corrected chi connectivity index (χ0v) is 14.9. The molecule has 1 atom stereocenters. The van der Waals surface area contributed by atoms with Gasteiger partial charge in [0.1, 0.15) is 5.82 Å². The molecule has 0 saturated carbocycles. The highest BCUT2D eigenvalue weighted by Gasteiger charge is 2.23. The molecule has 1 unspecified atom stereocenters. The maximum absolute atomic E-state index is 13.8. The summed E-state index contributed by atoms with van der Waals surface area (Å²) in [5.41, 5.74) is 5.24. The van der Waals surface area contributed by atoms with Crippen molar-refractivity contribution in [2.45, 2.75) is 19.3 Å². The van der Waals surface area contributed by atoms with Crippen molar-refractivity contribution in [1.82, 2.24) is 0 Å². The highest BCUT2D eigenvalue weighted by molar-refractivity contribution is 6.01. The fourth-order valence-electron chi connectivity index (χ4n) is 4.36. The van der Waals surface area contributed by atoms with E-state index in [-0.39, 0.29) is 17.5 Å².